The number of methoxy groups -OCH3 is 1. The molecule has 0 heterocycles. The molecule has 0 unspecified atom stereocenters. The molecule has 0 atom stereocenters. The van der Waals surface area contributed by atoms with Gasteiger partial charge in [0.1, 0.15) is 5.75 Å². The van der Waals surface area contributed by atoms with E-state index >= 15 is 0 Å². The van der Waals surface area contributed by atoms with Crippen LogP contribution in [0.5, 0.6) is 5.75 Å². The first-order chi connectivity index (χ1) is 11.1. The Morgan fingerprint density at radius 1 is 1.04 bits per heavy atom. The van der Waals surface area contributed by atoms with Gasteiger partial charge in [0.05, 0.1) is 18.6 Å². The van der Waals surface area contributed by atoms with Gasteiger partial charge in [-0.05, 0) is 48.5 Å². The summed E-state index contributed by atoms with van der Waals surface area (Å²) >= 11 is 7.06. The molecule has 0 aliphatic carbocycles. The van der Waals surface area contributed by atoms with Crippen LogP contribution >= 0.6 is 23.4 Å². The molecule has 0 bridgehead atoms. The second-order valence-electron chi connectivity index (χ2n) is 4.70. The average Bonchev–Trinajstić information content (AvgIpc) is 2.57. The number of hydrogen-bond acceptors (Lipinski definition) is 4. The molecule has 4 nitrogen and oxygen atoms in total. The van der Waals surface area contributed by atoms with Gasteiger partial charge in [0.2, 0.25) is 5.91 Å². The van der Waals surface area contributed by atoms with Gasteiger partial charge in [0.15, 0.2) is 5.78 Å². The summed E-state index contributed by atoms with van der Waals surface area (Å²) in [4.78, 5) is 23.8. The zero-order valence-corrected chi connectivity index (χ0v) is 14.1. The normalized spacial score (nSPS) is 10.2. The van der Waals surface area contributed by atoms with Gasteiger partial charge in [-0.2, -0.15) is 0 Å². The lowest BCUT2D eigenvalue weighted by atomic mass is 10.1. The molecule has 0 aromatic heterocycles. The van der Waals surface area contributed by atoms with Crippen molar-refractivity contribution in [1.29, 1.82) is 0 Å². The van der Waals surface area contributed by atoms with E-state index in [0.29, 0.717) is 22.0 Å². The molecule has 0 saturated carbocycles. The van der Waals surface area contributed by atoms with Crippen molar-refractivity contribution < 1.29 is 14.3 Å². The highest BCUT2D eigenvalue weighted by Crippen LogP contribution is 2.15. The monoisotopic (exact) mass is 349 g/mol. The van der Waals surface area contributed by atoms with Crippen molar-refractivity contribution >= 4 is 40.7 Å². The van der Waals surface area contributed by atoms with Crippen molar-refractivity contribution in [2.75, 3.05) is 23.9 Å². The van der Waals surface area contributed by atoms with Gasteiger partial charge in [-0.25, -0.2) is 0 Å². The number of ketones is 1. The minimum atomic E-state index is -0.153. The first-order valence-electron chi connectivity index (χ1n) is 6.89. The van der Waals surface area contributed by atoms with Crippen LogP contribution in [-0.2, 0) is 4.79 Å². The van der Waals surface area contributed by atoms with Crippen LogP contribution in [0.1, 0.15) is 10.4 Å². The Kier molecular flexibility index (Phi) is 6.50. The number of carbonyl (C=O) groups is 2. The molecule has 120 valence electrons. The summed E-state index contributed by atoms with van der Waals surface area (Å²) < 4.78 is 5.05. The van der Waals surface area contributed by atoms with Crippen LogP contribution in [0.25, 0.3) is 0 Å². The molecule has 0 fully saturated rings. The quantitative estimate of drug-likeness (QED) is 0.770. The van der Waals surface area contributed by atoms with Crippen LogP contribution in [0.4, 0.5) is 5.69 Å². The van der Waals surface area contributed by atoms with Gasteiger partial charge in [0.25, 0.3) is 0 Å². The van der Waals surface area contributed by atoms with Crippen molar-refractivity contribution in [1.82, 2.24) is 0 Å². The van der Waals surface area contributed by atoms with E-state index in [1.807, 2.05) is 0 Å². The van der Waals surface area contributed by atoms with E-state index in [0.717, 1.165) is 0 Å². The summed E-state index contributed by atoms with van der Waals surface area (Å²) in [7, 11) is 1.58. The van der Waals surface area contributed by atoms with Crippen molar-refractivity contribution in [2.24, 2.45) is 0 Å². The molecule has 0 aliphatic heterocycles. The van der Waals surface area contributed by atoms with Crippen molar-refractivity contribution in [3.05, 3.63) is 59.1 Å². The second kappa shape index (κ2) is 8.60. The van der Waals surface area contributed by atoms with E-state index in [1.54, 1.807) is 55.6 Å². The van der Waals surface area contributed by atoms with E-state index in [2.05, 4.69) is 5.32 Å². The number of rotatable bonds is 7. The third kappa shape index (κ3) is 5.62. The molecule has 0 saturated heterocycles. The standard InChI is InChI=1S/C17H16ClNO3S/c1-22-15-8-2-12(3-9-15)16(20)10-23-11-17(21)19-14-6-4-13(18)5-7-14/h2-9H,10-11H2,1H3,(H,19,21). The Balaban J connectivity index is 1.76. The maximum absolute atomic E-state index is 12.0. The Bertz CT molecular complexity index is 671. The van der Waals surface area contributed by atoms with Crippen molar-refractivity contribution in [3.8, 4) is 5.75 Å². The summed E-state index contributed by atoms with van der Waals surface area (Å²) in [5, 5.41) is 3.36. The molecule has 0 radical (unpaired) electrons. The number of nitrogens with one attached hydrogen (secondary N) is 1. The highest BCUT2D eigenvalue weighted by molar-refractivity contribution is 8.00. The lowest BCUT2D eigenvalue weighted by Gasteiger charge is -2.05. The smallest absolute Gasteiger partial charge is 0.234 e. The van der Waals surface area contributed by atoms with E-state index < -0.39 is 0 Å². The van der Waals surface area contributed by atoms with Crippen molar-refractivity contribution in [3.63, 3.8) is 0 Å². The Labute approximate surface area is 144 Å². The van der Waals surface area contributed by atoms with Crippen LogP contribution in [0.2, 0.25) is 5.02 Å². The molecular formula is C17H16ClNO3S. The van der Waals surface area contributed by atoms with E-state index in [4.69, 9.17) is 16.3 Å². The lowest BCUT2D eigenvalue weighted by molar-refractivity contribution is -0.113. The number of ether oxygens (including phenoxy) is 1. The van der Waals surface area contributed by atoms with E-state index in [1.165, 1.54) is 11.8 Å². The fourth-order valence-corrected chi connectivity index (χ4v) is 2.66. The minimum Gasteiger partial charge on any atom is -0.497 e. The third-order valence-corrected chi connectivity index (χ3v) is 4.19. The molecule has 1 amide bonds. The van der Waals surface area contributed by atoms with Gasteiger partial charge in [-0.1, -0.05) is 11.6 Å². The molecule has 2 rings (SSSR count). The zero-order valence-electron chi connectivity index (χ0n) is 12.5. The Hall–Kier alpha value is -1.98. The van der Waals surface area contributed by atoms with Gasteiger partial charge >= 0.3 is 0 Å². The minimum absolute atomic E-state index is 0.0167. The topological polar surface area (TPSA) is 55.4 Å². The number of halogens is 1. The predicted molar refractivity (Wildman–Crippen MR) is 94.7 cm³/mol. The van der Waals surface area contributed by atoms with E-state index in [9.17, 15) is 9.59 Å². The third-order valence-electron chi connectivity index (χ3n) is 3.01. The summed E-state index contributed by atoms with van der Waals surface area (Å²) in [6.07, 6.45) is 0. The van der Waals surface area contributed by atoms with Gasteiger partial charge < -0.3 is 10.1 Å². The zero-order chi connectivity index (χ0) is 16.7. The number of Topliss-reactive ketones (excluding diaryl/α,β-unsaturated/α-hetero) is 1. The largest absolute Gasteiger partial charge is 0.497 e. The van der Waals surface area contributed by atoms with Gasteiger partial charge in [-0.3, -0.25) is 9.59 Å². The Morgan fingerprint density at radius 3 is 2.30 bits per heavy atom. The molecule has 23 heavy (non-hydrogen) atoms. The van der Waals surface area contributed by atoms with Crippen LogP contribution in [0.15, 0.2) is 48.5 Å². The summed E-state index contributed by atoms with van der Waals surface area (Å²) in [6, 6.07) is 13.8. The number of carbonyl (C=O) groups excluding carboxylic acids is 2. The van der Waals surface area contributed by atoms with Crippen LogP contribution in [0.3, 0.4) is 0 Å². The fourth-order valence-electron chi connectivity index (χ4n) is 1.83. The SMILES string of the molecule is COc1ccc(C(=O)CSCC(=O)Nc2ccc(Cl)cc2)cc1. The summed E-state index contributed by atoms with van der Waals surface area (Å²) in [5.41, 5.74) is 1.29. The predicted octanol–water partition coefficient (Wildman–Crippen LogP) is 3.90. The number of thioether (sulfide) groups is 1. The average molecular weight is 350 g/mol. The number of benzene rings is 2. The van der Waals surface area contributed by atoms with Gasteiger partial charge in [0, 0.05) is 16.3 Å². The molecule has 2 aromatic rings. The highest BCUT2D eigenvalue weighted by Gasteiger charge is 2.08. The Morgan fingerprint density at radius 2 is 1.70 bits per heavy atom. The highest BCUT2D eigenvalue weighted by atomic mass is 35.5. The van der Waals surface area contributed by atoms with Crippen LogP contribution in [-0.4, -0.2) is 30.3 Å². The van der Waals surface area contributed by atoms with Crippen LogP contribution < -0.4 is 10.1 Å². The lowest BCUT2D eigenvalue weighted by Crippen LogP contribution is -2.15. The molecule has 2 aromatic carbocycles. The number of anilines is 1. The molecule has 0 aliphatic rings. The van der Waals surface area contributed by atoms with E-state index in [-0.39, 0.29) is 23.2 Å². The molecule has 0 spiro atoms. The molecule has 1 N–H and O–H groups in total. The maximum Gasteiger partial charge on any atom is 0.234 e. The number of amides is 1. The second-order valence-corrected chi connectivity index (χ2v) is 6.12. The number of hydrogen-bond donors (Lipinski definition) is 1. The summed E-state index contributed by atoms with van der Waals surface area (Å²) in [5.74, 6) is 0.999. The fraction of sp³-hybridized carbons (Fsp3) is 0.176. The van der Waals surface area contributed by atoms with Crippen molar-refractivity contribution in [2.45, 2.75) is 0 Å². The van der Waals surface area contributed by atoms with Crippen LogP contribution in [0, 0.1) is 0 Å². The molecule has 6 heteroatoms. The van der Waals surface area contributed by atoms with Gasteiger partial charge in [-0.15, -0.1) is 11.8 Å². The maximum atomic E-state index is 12.0. The first kappa shape index (κ1) is 17.4. The molecular weight excluding hydrogens is 334 g/mol. The first-order valence-corrected chi connectivity index (χ1v) is 8.42. The summed E-state index contributed by atoms with van der Waals surface area (Å²) in [6.45, 7) is 0.